The van der Waals surface area contributed by atoms with E-state index in [1.807, 2.05) is 30.3 Å². The van der Waals surface area contributed by atoms with Crippen molar-refractivity contribution in [2.24, 2.45) is 5.10 Å². The normalized spacial score (nSPS) is 12.0. The van der Waals surface area contributed by atoms with Crippen molar-refractivity contribution in [2.45, 2.75) is 26.2 Å². The summed E-state index contributed by atoms with van der Waals surface area (Å²) in [5.41, 5.74) is 3.42. The Morgan fingerprint density at radius 2 is 2.04 bits per heavy atom. The molecule has 0 fully saturated rings. The molecule has 0 radical (unpaired) electrons. The van der Waals surface area contributed by atoms with Crippen LogP contribution in [-0.2, 0) is 10.2 Å². The molecule has 5 nitrogen and oxygen atoms in total. The molecule has 1 amide bonds. The first-order valence-electron chi connectivity index (χ1n) is 7.71. The predicted molar refractivity (Wildman–Crippen MR) is 95.0 cm³/mol. The maximum Gasteiger partial charge on any atom is 0.277 e. The molecule has 1 N–H and O–H groups in total. The Bertz CT molecular complexity index is 710. The maximum atomic E-state index is 11.8. The molecule has 1 heterocycles. The second kappa shape index (κ2) is 8.15. The second-order valence-electron chi connectivity index (χ2n) is 6.22. The lowest BCUT2D eigenvalue weighted by Gasteiger charge is -2.22. The molecule has 1 aromatic heterocycles. The number of benzene rings is 1. The molecule has 0 saturated heterocycles. The molecule has 126 valence electrons. The van der Waals surface area contributed by atoms with Gasteiger partial charge in [-0.1, -0.05) is 39.0 Å². The van der Waals surface area contributed by atoms with Gasteiger partial charge < -0.3 is 9.15 Å². The summed E-state index contributed by atoms with van der Waals surface area (Å²) in [6, 6.07) is 11.3. The van der Waals surface area contributed by atoms with Crippen molar-refractivity contribution in [3.63, 3.8) is 0 Å². The van der Waals surface area contributed by atoms with Crippen molar-refractivity contribution in [3.05, 3.63) is 60.1 Å². The van der Waals surface area contributed by atoms with Crippen molar-refractivity contribution in [3.8, 4) is 5.75 Å². The first-order chi connectivity index (χ1) is 11.5. The van der Waals surface area contributed by atoms with Gasteiger partial charge in [0.2, 0.25) is 0 Å². The van der Waals surface area contributed by atoms with E-state index < -0.39 is 0 Å². The van der Waals surface area contributed by atoms with Gasteiger partial charge in [0.15, 0.2) is 6.61 Å². The Morgan fingerprint density at radius 3 is 2.75 bits per heavy atom. The van der Waals surface area contributed by atoms with E-state index in [2.05, 4.69) is 31.3 Å². The Hall–Kier alpha value is -2.82. The first kappa shape index (κ1) is 17.5. The lowest BCUT2D eigenvalue weighted by Crippen LogP contribution is -2.25. The van der Waals surface area contributed by atoms with Gasteiger partial charge in [0.1, 0.15) is 11.5 Å². The number of amides is 1. The van der Waals surface area contributed by atoms with Gasteiger partial charge in [0.05, 0.1) is 6.26 Å². The fourth-order valence-electron chi connectivity index (χ4n) is 2.06. The van der Waals surface area contributed by atoms with Crippen LogP contribution in [0.1, 0.15) is 32.1 Å². The van der Waals surface area contributed by atoms with E-state index >= 15 is 0 Å². The van der Waals surface area contributed by atoms with Crippen LogP contribution < -0.4 is 10.2 Å². The standard InChI is InChI=1S/C19H22N2O3/c1-19(2,3)16-10-4-5-11-17(16)24-14-18(22)21-20-12-6-8-15-9-7-13-23-15/h4-13H,14H2,1-3H3,(H,21,22). The van der Waals surface area contributed by atoms with Crippen molar-refractivity contribution >= 4 is 18.2 Å². The minimum absolute atomic E-state index is 0.0537. The summed E-state index contributed by atoms with van der Waals surface area (Å²) >= 11 is 0. The van der Waals surface area contributed by atoms with Gasteiger partial charge in [-0.2, -0.15) is 5.10 Å². The van der Waals surface area contributed by atoms with Crippen LogP contribution in [0.5, 0.6) is 5.75 Å². The highest BCUT2D eigenvalue weighted by Crippen LogP contribution is 2.30. The number of ether oxygens (including phenoxy) is 1. The zero-order chi connectivity index (χ0) is 17.4. The highest BCUT2D eigenvalue weighted by Gasteiger charge is 2.18. The number of nitrogens with zero attached hydrogens (tertiary/aromatic N) is 1. The minimum Gasteiger partial charge on any atom is -0.483 e. The smallest absolute Gasteiger partial charge is 0.277 e. The minimum atomic E-state index is -0.318. The van der Waals surface area contributed by atoms with Gasteiger partial charge in [0, 0.05) is 6.21 Å². The van der Waals surface area contributed by atoms with Crippen molar-refractivity contribution in [1.82, 2.24) is 5.43 Å². The Morgan fingerprint density at radius 1 is 1.25 bits per heavy atom. The van der Waals surface area contributed by atoms with Gasteiger partial charge in [-0.25, -0.2) is 5.43 Å². The Balaban J connectivity index is 1.81. The average Bonchev–Trinajstić information content (AvgIpc) is 3.05. The molecule has 2 rings (SSSR count). The third kappa shape index (κ3) is 5.43. The van der Waals surface area contributed by atoms with E-state index in [4.69, 9.17) is 9.15 Å². The van der Waals surface area contributed by atoms with E-state index in [1.54, 1.807) is 24.5 Å². The van der Waals surface area contributed by atoms with Crippen LogP contribution in [0.3, 0.4) is 0 Å². The lowest BCUT2D eigenvalue weighted by molar-refractivity contribution is -0.123. The first-order valence-corrected chi connectivity index (χ1v) is 7.71. The molecule has 24 heavy (non-hydrogen) atoms. The monoisotopic (exact) mass is 326 g/mol. The molecule has 0 aliphatic carbocycles. The molecule has 0 bridgehead atoms. The largest absolute Gasteiger partial charge is 0.483 e. The zero-order valence-electron chi connectivity index (χ0n) is 14.2. The summed E-state index contributed by atoms with van der Waals surface area (Å²) in [4.78, 5) is 11.8. The van der Waals surface area contributed by atoms with E-state index in [0.29, 0.717) is 5.75 Å². The third-order valence-corrected chi connectivity index (χ3v) is 3.21. The predicted octanol–water partition coefficient (Wildman–Crippen LogP) is 3.77. The van der Waals surface area contributed by atoms with Crippen LogP contribution in [0.25, 0.3) is 6.08 Å². The van der Waals surface area contributed by atoms with E-state index in [1.165, 1.54) is 6.21 Å². The summed E-state index contributed by atoms with van der Waals surface area (Å²) in [5, 5.41) is 3.82. The number of rotatable bonds is 6. The zero-order valence-corrected chi connectivity index (χ0v) is 14.2. The molecular weight excluding hydrogens is 304 g/mol. The van der Waals surface area contributed by atoms with Crippen LogP contribution in [0, 0.1) is 0 Å². The summed E-state index contributed by atoms with van der Waals surface area (Å²) in [6.07, 6.45) is 6.48. The highest BCUT2D eigenvalue weighted by atomic mass is 16.5. The van der Waals surface area contributed by atoms with Gasteiger partial charge in [0.25, 0.3) is 5.91 Å². The topological polar surface area (TPSA) is 63.8 Å². The molecule has 0 unspecified atom stereocenters. The molecule has 0 aliphatic rings. The number of furan rings is 1. The molecule has 1 aromatic carbocycles. The van der Waals surface area contributed by atoms with Crippen LogP contribution in [0.2, 0.25) is 0 Å². The van der Waals surface area contributed by atoms with Gasteiger partial charge in [-0.3, -0.25) is 4.79 Å². The van der Waals surface area contributed by atoms with Gasteiger partial charge in [-0.15, -0.1) is 0 Å². The van der Waals surface area contributed by atoms with E-state index in [-0.39, 0.29) is 17.9 Å². The molecule has 0 atom stereocenters. The Kier molecular flexibility index (Phi) is 5.95. The van der Waals surface area contributed by atoms with Gasteiger partial charge >= 0.3 is 0 Å². The van der Waals surface area contributed by atoms with Crippen LogP contribution >= 0.6 is 0 Å². The number of hydrogen-bond acceptors (Lipinski definition) is 4. The van der Waals surface area contributed by atoms with E-state index in [0.717, 1.165) is 11.3 Å². The molecule has 2 aromatic rings. The number of hydrogen-bond donors (Lipinski definition) is 1. The van der Waals surface area contributed by atoms with Crippen molar-refractivity contribution in [2.75, 3.05) is 6.61 Å². The van der Waals surface area contributed by atoms with Crippen molar-refractivity contribution in [1.29, 1.82) is 0 Å². The SMILES string of the molecule is CC(C)(C)c1ccccc1OCC(=O)NN=CC=Cc1ccco1. The molecular formula is C19H22N2O3. The molecule has 0 saturated carbocycles. The molecule has 0 spiro atoms. The maximum absolute atomic E-state index is 11.8. The van der Waals surface area contributed by atoms with E-state index in [9.17, 15) is 4.79 Å². The fraction of sp³-hybridized carbons (Fsp3) is 0.263. The number of carbonyl (C=O) groups is 1. The van der Waals surface area contributed by atoms with Crippen molar-refractivity contribution < 1.29 is 13.9 Å². The summed E-state index contributed by atoms with van der Waals surface area (Å²) < 4.78 is 10.8. The van der Waals surface area contributed by atoms with Crippen LogP contribution in [-0.4, -0.2) is 18.7 Å². The van der Waals surface area contributed by atoms with Crippen LogP contribution in [0.15, 0.2) is 58.3 Å². The quantitative estimate of drug-likeness (QED) is 0.649. The molecule has 0 aliphatic heterocycles. The number of nitrogens with one attached hydrogen (secondary N) is 1. The number of para-hydroxylation sites is 1. The van der Waals surface area contributed by atoms with Crippen LogP contribution in [0.4, 0.5) is 0 Å². The highest BCUT2D eigenvalue weighted by molar-refractivity contribution is 5.81. The fourth-order valence-corrected chi connectivity index (χ4v) is 2.06. The summed E-state index contributed by atoms with van der Waals surface area (Å²) in [5.74, 6) is 1.11. The average molecular weight is 326 g/mol. The number of carbonyl (C=O) groups excluding carboxylic acids is 1. The third-order valence-electron chi connectivity index (χ3n) is 3.21. The Labute approximate surface area is 142 Å². The number of hydrazone groups is 1. The summed E-state index contributed by atoms with van der Waals surface area (Å²) in [6.45, 7) is 6.22. The summed E-state index contributed by atoms with van der Waals surface area (Å²) in [7, 11) is 0. The second-order valence-corrected chi connectivity index (χ2v) is 6.22. The lowest BCUT2D eigenvalue weighted by atomic mass is 9.86. The number of allylic oxidation sites excluding steroid dienone is 1. The molecule has 5 heteroatoms. The van der Waals surface area contributed by atoms with Gasteiger partial charge in [-0.05, 0) is 41.3 Å².